The minimum absolute atomic E-state index is 0.0225. The van der Waals surface area contributed by atoms with Crippen molar-refractivity contribution < 1.29 is 4.79 Å². The highest BCUT2D eigenvalue weighted by Gasteiger charge is 2.03. The van der Waals surface area contributed by atoms with Gasteiger partial charge in [0, 0.05) is 25.3 Å². The monoisotopic (exact) mass is 265 g/mol. The molecule has 2 rings (SSSR count). The van der Waals surface area contributed by atoms with Crippen molar-refractivity contribution in [1.82, 2.24) is 0 Å². The largest absolute Gasteiger partial charge is 0.378 e. The third-order valence-electron chi connectivity index (χ3n) is 3.15. The van der Waals surface area contributed by atoms with Gasteiger partial charge >= 0.3 is 0 Å². The van der Waals surface area contributed by atoms with Gasteiger partial charge in [-0.3, -0.25) is 4.79 Å². The van der Waals surface area contributed by atoms with E-state index in [0.717, 1.165) is 11.3 Å². The maximum absolute atomic E-state index is 12.2. The molecule has 0 heterocycles. The summed E-state index contributed by atoms with van der Waals surface area (Å²) in [6.45, 7) is 2.05. The first-order chi connectivity index (χ1) is 9.56. The fourth-order valence-corrected chi connectivity index (χ4v) is 1.88. The first-order valence-corrected chi connectivity index (χ1v) is 6.63. The highest BCUT2D eigenvalue weighted by atomic mass is 16.1. The second-order valence-electron chi connectivity index (χ2n) is 5.05. The minimum atomic E-state index is 0.0225. The Labute approximate surface area is 120 Å². The molecule has 0 atom stereocenters. The third kappa shape index (κ3) is 3.58. The molecule has 0 N–H and O–H groups in total. The molecular formula is C18H19NO. The number of carbonyl (C=O) groups is 1. The Bertz CT molecular complexity index is 624. The van der Waals surface area contributed by atoms with Gasteiger partial charge in [0.15, 0.2) is 5.78 Å². The van der Waals surface area contributed by atoms with E-state index in [1.54, 1.807) is 6.08 Å². The van der Waals surface area contributed by atoms with Crippen LogP contribution in [0.5, 0.6) is 0 Å². The van der Waals surface area contributed by atoms with E-state index in [2.05, 4.69) is 0 Å². The predicted octanol–water partition coefficient (Wildman–Crippen LogP) is 3.96. The van der Waals surface area contributed by atoms with Crippen LogP contribution in [0.25, 0.3) is 6.08 Å². The average Bonchev–Trinajstić information content (AvgIpc) is 2.46. The number of rotatable bonds is 4. The van der Waals surface area contributed by atoms with Crippen LogP contribution in [-0.4, -0.2) is 19.9 Å². The lowest BCUT2D eigenvalue weighted by Crippen LogP contribution is -2.09. The lowest BCUT2D eigenvalue weighted by atomic mass is 10.1. The van der Waals surface area contributed by atoms with Crippen molar-refractivity contribution in [2.24, 2.45) is 0 Å². The fourth-order valence-electron chi connectivity index (χ4n) is 1.88. The summed E-state index contributed by atoms with van der Waals surface area (Å²) in [6.07, 6.45) is 3.48. The molecule has 0 aliphatic carbocycles. The van der Waals surface area contributed by atoms with Crippen LogP contribution in [-0.2, 0) is 0 Å². The molecule has 0 saturated carbocycles. The first-order valence-electron chi connectivity index (χ1n) is 6.63. The number of allylic oxidation sites excluding steroid dienone is 1. The number of aryl methyl sites for hydroxylation is 1. The highest BCUT2D eigenvalue weighted by Crippen LogP contribution is 2.14. The molecule has 102 valence electrons. The second kappa shape index (κ2) is 6.20. The van der Waals surface area contributed by atoms with Crippen molar-refractivity contribution in [3.05, 3.63) is 71.3 Å². The molecule has 0 spiro atoms. The number of ketones is 1. The van der Waals surface area contributed by atoms with Gasteiger partial charge in [-0.15, -0.1) is 0 Å². The SMILES string of the molecule is Cc1ccc(/C=C/C(=O)c2cccc(N(C)C)c2)cc1. The van der Waals surface area contributed by atoms with E-state index in [4.69, 9.17) is 0 Å². The van der Waals surface area contributed by atoms with E-state index in [1.807, 2.05) is 80.5 Å². The summed E-state index contributed by atoms with van der Waals surface area (Å²) in [6, 6.07) is 15.7. The fraction of sp³-hybridized carbons (Fsp3) is 0.167. The van der Waals surface area contributed by atoms with Crippen LogP contribution >= 0.6 is 0 Å². The summed E-state index contributed by atoms with van der Waals surface area (Å²) in [4.78, 5) is 14.1. The number of nitrogens with zero attached hydrogens (tertiary/aromatic N) is 1. The van der Waals surface area contributed by atoms with Gasteiger partial charge < -0.3 is 4.90 Å². The van der Waals surface area contributed by atoms with Crippen molar-refractivity contribution in [1.29, 1.82) is 0 Å². The van der Waals surface area contributed by atoms with Gasteiger partial charge in [-0.25, -0.2) is 0 Å². The molecule has 2 aromatic rings. The van der Waals surface area contributed by atoms with Crippen LogP contribution in [0.3, 0.4) is 0 Å². The second-order valence-corrected chi connectivity index (χ2v) is 5.05. The molecule has 0 radical (unpaired) electrons. The first kappa shape index (κ1) is 14.1. The Morgan fingerprint density at radius 3 is 2.40 bits per heavy atom. The van der Waals surface area contributed by atoms with Crippen molar-refractivity contribution >= 4 is 17.5 Å². The van der Waals surface area contributed by atoms with Crippen LogP contribution in [0.15, 0.2) is 54.6 Å². The smallest absolute Gasteiger partial charge is 0.185 e. The van der Waals surface area contributed by atoms with Crippen molar-refractivity contribution in [3.63, 3.8) is 0 Å². The summed E-state index contributed by atoms with van der Waals surface area (Å²) in [5.41, 5.74) is 3.99. The van der Waals surface area contributed by atoms with Gasteiger partial charge in [-0.05, 0) is 30.7 Å². The standard InChI is InChI=1S/C18H19NO/c1-14-7-9-15(10-8-14)11-12-18(20)16-5-4-6-17(13-16)19(2)3/h4-13H,1-3H3/b12-11+. The van der Waals surface area contributed by atoms with E-state index in [1.165, 1.54) is 5.56 Å². The number of hydrogen-bond acceptors (Lipinski definition) is 2. The van der Waals surface area contributed by atoms with Crippen molar-refractivity contribution in [2.45, 2.75) is 6.92 Å². The molecule has 0 aromatic heterocycles. The van der Waals surface area contributed by atoms with Gasteiger partial charge in [0.2, 0.25) is 0 Å². The summed E-state index contributed by atoms with van der Waals surface area (Å²) < 4.78 is 0. The Hall–Kier alpha value is -2.35. The molecular weight excluding hydrogens is 246 g/mol. The topological polar surface area (TPSA) is 20.3 Å². The van der Waals surface area contributed by atoms with Gasteiger partial charge in [0.1, 0.15) is 0 Å². The molecule has 2 aromatic carbocycles. The molecule has 0 fully saturated rings. The molecule has 2 nitrogen and oxygen atoms in total. The number of anilines is 1. The maximum Gasteiger partial charge on any atom is 0.185 e. The number of carbonyl (C=O) groups excluding carboxylic acids is 1. The zero-order valence-electron chi connectivity index (χ0n) is 12.1. The van der Waals surface area contributed by atoms with Crippen LogP contribution in [0.1, 0.15) is 21.5 Å². The van der Waals surface area contributed by atoms with Crippen LogP contribution in [0.4, 0.5) is 5.69 Å². The Balaban J connectivity index is 2.15. The molecule has 0 bridgehead atoms. The number of benzene rings is 2. The van der Waals surface area contributed by atoms with Gasteiger partial charge in [-0.2, -0.15) is 0 Å². The molecule has 0 unspecified atom stereocenters. The minimum Gasteiger partial charge on any atom is -0.378 e. The summed E-state index contributed by atoms with van der Waals surface area (Å²) in [7, 11) is 3.93. The van der Waals surface area contributed by atoms with Gasteiger partial charge in [-0.1, -0.05) is 48.0 Å². The number of hydrogen-bond donors (Lipinski definition) is 0. The van der Waals surface area contributed by atoms with E-state index in [9.17, 15) is 4.79 Å². The quantitative estimate of drug-likeness (QED) is 0.616. The highest BCUT2D eigenvalue weighted by molar-refractivity contribution is 6.07. The van der Waals surface area contributed by atoms with Crippen molar-refractivity contribution in [2.75, 3.05) is 19.0 Å². The Morgan fingerprint density at radius 1 is 1.05 bits per heavy atom. The van der Waals surface area contributed by atoms with Gasteiger partial charge in [0.25, 0.3) is 0 Å². The van der Waals surface area contributed by atoms with Gasteiger partial charge in [0.05, 0.1) is 0 Å². The molecule has 0 aliphatic rings. The van der Waals surface area contributed by atoms with E-state index < -0.39 is 0 Å². The maximum atomic E-state index is 12.2. The normalized spacial score (nSPS) is 10.8. The zero-order chi connectivity index (χ0) is 14.5. The van der Waals surface area contributed by atoms with E-state index in [0.29, 0.717) is 5.56 Å². The van der Waals surface area contributed by atoms with Crippen LogP contribution < -0.4 is 4.90 Å². The predicted molar refractivity (Wildman–Crippen MR) is 85.3 cm³/mol. The van der Waals surface area contributed by atoms with Crippen LogP contribution in [0, 0.1) is 6.92 Å². The average molecular weight is 265 g/mol. The van der Waals surface area contributed by atoms with Crippen molar-refractivity contribution in [3.8, 4) is 0 Å². The lowest BCUT2D eigenvalue weighted by Gasteiger charge is -2.12. The molecule has 2 heteroatoms. The zero-order valence-corrected chi connectivity index (χ0v) is 12.1. The molecule has 0 amide bonds. The summed E-state index contributed by atoms with van der Waals surface area (Å²) in [5, 5.41) is 0. The lowest BCUT2D eigenvalue weighted by molar-refractivity contribution is 0.104. The molecule has 0 aliphatic heterocycles. The van der Waals surface area contributed by atoms with E-state index in [-0.39, 0.29) is 5.78 Å². The Morgan fingerprint density at radius 2 is 1.75 bits per heavy atom. The third-order valence-corrected chi connectivity index (χ3v) is 3.15. The van der Waals surface area contributed by atoms with E-state index >= 15 is 0 Å². The molecule has 20 heavy (non-hydrogen) atoms. The molecule has 0 saturated heterocycles. The summed E-state index contributed by atoms with van der Waals surface area (Å²) in [5.74, 6) is 0.0225. The Kier molecular flexibility index (Phi) is 4.36. The summed E-state index contributed by atoms with van der Waals surface area (Å²) >= 11 is 0. The van der Waals surface area contributed by atoms with Crippen LogP contribution in [0.2, 0.25) is 0 Å².